The van der Waals surface area contributed by atoms with Gasteiger partial charge in [-0.2, -0.15) is 0 Å². The fourth-order valence-corrected chi connectivity index (χ4v) is 1.71. The Morgan fingerprint density at radius 3 is 2.62 bits per heavy atom. The summed E-state index contributed by atoms with van der Waals surface area (Å²) in [4.78, 5) is 8.15. The highest BCUT2D eigenvalue weighted by molar-refractivity contribution is 6.30. The van der Waals surface area contributed by atoms with Gasteiger partial charge in [0.25, 0.3) is 0 Å². The lowest BCUT2D eigenvalue weighted by Crippen LogP contribution is -2.16. The van der Waals surface area contributed by atoms with E-state index in [0.29, 0.717) is 11.7 Å². The molecular formula is C11H18ClN3O. The molecule has 0 aliphatic rings. The van der Waals surface area contributed by atoms with Gasteiger partial charge in [0.2, 0.25) is 0 Å². The Hall–Kier alpha value is -0.870. The average molecular weight is 244 g/mol. The molecule has 1 atom stereocenters. The highest BCUT2D eigenvalue weighted by Crippen LogP contribution is 2.27. The number of aliphatic hydroxyl groups excluding tert-OH is 1. The number of rotatable bonds is 5. The molecule has 1 aromatic heterocycles. The Morgan fingerprint density at radius 2 is 2.06 bits per heavy atom. The molecule has 0 aromatic carbocycles. The maximum atomic E-state index is 8.95. The van der Waals surface area contributed by atoms with E-state index in [1.54, 1.807) is 0 Å². The zero-order chi connectivity index (χ0) is 12.1. The quantitative estimate of drug-likeness (QED) is 0.780. The van der Waals surface area contributed by atoms with Crippen molar-refractivity contribution in [1.82, 2.24) is 9.97 Å². The Bertz CT molecular complexity index is 344. The topological polar surface area (TPSA) is 58.0 Å². The number of nitrogens with one attached hydrogen (secondary N) is 1. The summed E-state index contributed by atoms with van der Waals surface area (Å²) in [6, 6.07) is 0. The number of halogens is 1. The van der Waals surface area contributed by atoms with Crippen LogP contribution < -0.4 is 5.32 Å². The minimum atomic E-state index is 0.156. The van der Waals surface area contributed by atoms with Crippen molar-refractivity contribution in [2.75, 3.05) is 18.5 Å². The van der Waals surface area contributed by atoms with Crippen molar-refractivity contribution in [3.8, 4) is 0 Å². The summed E-state index contributed by atoms with van der Waals surface area (Å²) in [5.74, 6) is 1.21. The van der Waals surface area contributed by atoms with E-state index >= 15 is 0 Å². The summed E-state index contributed by atoms with van der Waals surface area (Å²) in [5, 5.41) is 12.6. The van der Waals surface area contributed by atoms with Crippen LogP contribution in [0.5, 0.6) is 0 Å². The molecule has 1 heterocycles. The maximum Gasteiger partial charge on any atom is 0.138 e. The molecular weight excluding hydrogens is 226 g/mol. The monoisotopic (exact) mass is 243 g/mol. The van der Waals surface area contributed by atoms with Crippen molar-refractivity contribution in [2.24, 2.45) is 5.92 Å². The number of aliphatic hydroxyl groups is 1. The van der Waals surface area contributed by atoms with Crippen LogP contribution in [0.15, 0.2) is 6.33 Å². The smallest absolute Gasteiger partial charge is 0.138 e. The molecule has 4 nitrogen and oxygen atoms in total. The van der Waals surface area contributed by atoms with Crippen LogP contribution in [0.3, 0.4) is 0 Å². The lowest BCUT2D eigenvalue weighted by molar-refractivity contribution is 0.244. The standard InChI is InChI=1S/C11H18ClN3O/c1-7(2)9-10(12)14-6-15-11(9)13-4-8(3)5-16/h6-8,16H,4-5H2,1-3H3,(H,13,14,15). The first kappa shape index (κ1) is 13.2. The first-order valence-corrected chi connectivity index (χ1v) is 5.79. The first-order chi connectivity index (χ1) is 7.56. The van der Waals surface area contributed by atoms with Crippen LogP contribution in [0, 0.1) is 5.92 Å². The van der Waals surface area contributed by atoms with Crippen LogP contribution in [-0.2, 0) is 0 Å². The highest BCUT2D eigenvalue weighted by atomic mass is 35.5. The summed E-state index contributed by atoms with van der Waals surface area (Å²) in [6.45, 7) is 6.88. The zero-order valence-corrected chi connectivity index (χ0v) is 10.6. The third-order valence-electron chi connectivity index (χ3n) is 2.34. The highest BCUT2D eigenvalue weighted by Gasteiger charge is 2.13. The molecule has 90 valence electrons. The van der Waals surface area contributed by atoms with Gasteiger partial charge in [0.1, 0.15) is 17.3 Å². The molecule has 1 rings (SSSR count). The summed E-state index contributed by atoms with van der Waals surface area (Å²) in [7, 11) is 0. The zero-order valence-electron chi connectivity index (χ0n) is 9.87. The second-order valence-electron chi connectivity index (χ2n) is 4.25. The lowest BCUT2D eigenvalue weighted by Gasteiger charge is -2.16. The molecule has 0 bridgehead atoms. The summed E-state index contributed by atoms with van der Waals surface area (Å²) in [5.41, 5.74) is 0.925. The van der Waals surface area contributed by atoms with E-state index in [0.717, 1.165) is 11.4 Å². The third-order valence-corrected chi connectivity index (χ3v) is 2.64. The normalized spacial score (nSPS) is 12.9. The van der Waals surface area contributed by atoms with Gasteiger partial charge in [-0.15, -0.1) is 0 Å². The molecule has 0 saturated carbocycles. The molecule has 1 aromatic rings. The van der Waals surface area contributed by atoms with Crippen molar-refractivity contribution >= 4 is 17.4 Å². The van der Waals surface area contributed by atoms with Gasteiger partial charge >= 0.3 is 0 Å². The average Bonchev–Trinajstić information content (AvgIpc) is 2.25. The SMILES string of the molecule is CC(CO)CNc1ncnc(Cl)c1C(C)C. The minimum absolute atomic E-state index is 0.156. The van der Waals surface area contributed by atoms with Gasteiger partial charge in [-0.3, -0.25) is 0 Å². The summed E-state index contributed by atoms with van der Waals surface area (Å²) in [6.07, 6.45) is 1.44. The van der Waals surface area contributed by atoms with Crippen molar-refractivity contribution in [1.29, 1.82) is 0 Å². The van der Waals surface area contributed by atoms with Crippen molar-refractivity contribution in [3.63, 3.8) is 0 Å². The van der Waals surface area contributed by atoms with Crippen molar-refractivity contribution in [2.45, 2.75) is 26.7 Å². The van der Waals surface area contributed by atoms with Crippen LogP contribution >= 0.6 is 11.6 Å². The molecule has 0 amide bonds. The van der Waals surface area contributed by atoms with Crippen molar-refractivity contribution in [3.05, 3.63) is 17.0 Å². The van der Waals surface area contributed by atoms with E-state index in [9.17, 15) is 0 Å². The van der Waals surface area contributed by atoms with E-state index < -0.39 is 0 Å². The van der Waals surface area contributed by atoms with E-state index in [2.05, 4.69) is 15.3 Å². The Kier molecular flexibility index (Phi) is 4.96. The number of nitrogens with zero attached hydrogens (tertiary/aromatic N) is 2. The van der Waals surface area contributed by atoms with Gasteiger partial charge in [0, 0.05) is 18.7 Å². The molecule has 0 spiro atoms. The second-order valence-corrected chi connectivity index (χ2v) is 4.61. The summed E-state index contributed by atoms with van der Waals surface area (Å²) < 4.78 is 0. The maximum absolute atomic E-state index is 8.95. The summed E-state index contributed by atoms with van der Waals surface area (Å²) >= 11 is 6.03. The Labute approximate surface area is 101 Å². The van der Waals surface area contributed by atoms with Crippen LogP contribution in [0.1, 0.15) is 32.3 Å². The molecule has 0 aliphatic heterocycles. The van der Waals surface area contributed by atoms with E-state index in [-0.39, 0.29) is 18.4 Å². The molecule has 2 N–H and O–H groups in total. The van der Waals surface area contributed by atoms with Crippen LogP contribution in [0.2, 0.25) is 5.15 Å². The number of aromatic nitrogens is 2. The molecule has 1 unspecified atom stereocenters. The van der Waals surface area contributed by atoms with Gasteiger partial charge in [0.05, 0.1) is 0 Å². The van der Waals surface area contributed by atoms with E-state index in [1.807, 2.05) is 20.8 Å². The number of hydrogen-bond donors (Lipinski definition) is 2. The molecule has 0 fully saturated rings. The molecule has 0 saturated heterocycles. The van der Waals surface area contributed by atoms with Gasteiger partial charge in [-0.1, -0.05) is 32.4 Å². The van der Waals surface area contributed by atoms with Crippen LogP contribution in [0.25, 0.3) is 0 Å². The lowest BCUT2D eigenvalue weighted by atomic mass is 10.1. The van der Waals surface area contributed by atoms with Gasteiger partial charge in [0.15, 0.2) is 0 Å². The molecule has 5 heteroatoms. The number of hydrogen-bond acceptors (Lipinski definition) is 4. The molecule has 0 aliphatic carbocycles. The Morgan fingerprint density at radius 1 is 1.38 bits per heavy atom. The van der Waals surface area contributed by atoms with Crippen LogP contribution in [0.4, 0.5) is 5.82 Å². The van der Waals surface area contributed by atoms with Gasteiger partial charge < -0.3 is 10.4 Å². The van der Waals surface area contributed by atoms with Gasteiger partial charge in [-0.05, 0) is 11.8 Å². The fraction of sp³-hybridized carbons (Fsp3) is 0.636. The largest absolute Gasteiger partial charge is 0.396 e. The first-order valence-electron chi connectivity index (χ1n) is 5.41. The predicted octanol–water partition coefficient (Wildman–Crippen LogP) is 2.29. The number of anilines is 1. The van der Waals surface area contributed by atoms with E-state index in [4.69, 9.17) is 16.7 Å². The van der Waals surface area contributed by atoms with Gasteiger partial charge in [-0.25, -0.2) is 9.97 Å². The fourth-order valence-electron chi connectivity index (χ4n) is 1.36. The van der Waals surface area contributed by atoms with E-state index in [1.165, 1.54) is 6.33 Å². The molecule has 16 heavy (non-hydrogen) atoms. The van der Waals surface area contributed by atoms with Crippen molar-refractivity contribution < 1.29 is 5.11 Å². The third kappa shape index (κ3) is 3.32. The Balaban J connectivity index is 2.83. The predicted molar refractivity (Wildman–Crippen MR) is 65.9 cm³/mol. The van der Waals surface area contributed by atoms with Crippen LogP contribution in [-0.4, -0.2) is 28.2 Å². The second kappa shape index (κ2) is 6.01. The molecule has 0 radical (unpaired) electrons. The minimum Gasteiger partial charge on any atom is -0.396 e.